The lowest BCUT2D eigenvalue weighted by atomic mass is 9.93. The van der Waals surface area contributed by atoms with Gasteiger partial charge in [-0.2, -0.15) is 13.2 Å². The Hall–Kier alpha value is -1.07. The maximum Gasteiger partial charge on any atom is 0.401 e. The number of hydrogen-bond donors (Lipinski definition) is 0. The number of alkyl halides is 3. The highest BCUT2D eigenvalue weighted by Gasteiger charge is 2.40. The summed E-state index contributed by atoms with van der Waals surface area (Å²) in [7, 11) is 0. The van der Waals surface area contributed by atoms with Crippen molar-refractivity contribution in [1.82, 2.24) is 9.80 Å². The van der Waals surface area contributed by atoms with Crippen LogP contribution in [0.2, 0.25) is 0 Å². The van der Waals surface area contributed by atoms with Crippen molar-refractivity contribution in [2.24, 2.45) is 0 Å². The number of halogens is 3. The summed E-state index contributed by atoms with van der Waals surface area (Å²) >= 11 is 0. The Labute approximate surface area is 123 Å². The van der Waals surface area contributed by atoms with E-state index >= 15 is 0 Å². The number of piperidine rings is 1. The molecule has 3 rings (SSSR count). The normalized spacial score (nSPS) is 28.3. The van der Waals surface area contributed by atoms with Gasteiger partial charge in [-0.15, -0.1) is 0 Å². The summed E-state index contributed by atoms with van der Waals surface area (Å²) in [6, 6.07) is 9.75. The van der Waals surface area contributed by atoms with Crippen LogP contribution in [0.1, 0.15) is 30.9 Å². The maximum atomic E-state index is 12.9. The van der Waals surface area contributed by atoms with E-state index in [-0.39, 0.29) is 6.04 Å². The molecule has 2 fully saturated rings. The third-order valence-electron chi connectivity index (χ3n) is 4.61. The van der Waals surface area contributed by atoms with Gasteiger partial charge in [0.2, 0.25) is 0 Å². The molecular weight excluding hydrogens is 277 g/mol. The Kier molecular flexibility index (Phi) is 4.22. The van der Waals surface area contributed by atoms with Crippen LogP contribution in [0.5, 0.6) is 0 Å². The first-order valence-electron chi connectivity index (χ1n) is 7.63. The quantitative estimate of drug-likeness (QED) is 0.825. The van der Waals surface area contributed by atoms with E-state index in [1.54, 1.807) is 4.90 Å². The van der Waals surface area contributed by atoms with Gasteiger partial charge in [0.25, 0.3) is 0 Å². The van der Waals surface area contributed by atoms with Crippen LogP contribution in [0, 0.1) is 0 Å². The molecule has 1 aromatic rings. The first-order valence-corrected chi connectivity index (χ1v) is 7.63. The van der Waals surface area contributed by atoms with Crippen molar-refractivity contribution in [3.63, 3.8) is 0 Å². The van der Waals surface area contributed by atoms with Crippen molar-refractivity contribution in [2.45, 2.75) is 37.5 Å². The minimum absolute atomic E-state index is 0.151. The van der Waals surface area contributed by atoms with Crippen LogP contribution in [0.15, 0.2) is 30.3 Å². The summed E-state index contributed by atoms with van der Waals surface area (Å²) in [5.74, 6) is 0. The zero-order chi connectivity index (χ0) is 14.9. The van der Waals surface area contributed by atoms with Crippen molar-refractivity contribution in [3.05, 3.63) is 35.9 Å². The first-order chi connectivity index (χ1) is 10.0. The largest absolute Gasteiger partial charge is 0.401 e. The molecule has 0 aromatic heterocycles. The Morgan fingerprint density at radius 1 is 1.05 bits per heavy atom. The average molecular weight is 298 g/mol. The molecule has 2 heterocycles. The highest BCUT2D eigenvalue weighted by Crippen LogP contribution is 2.33. The highest BCUT2D eigenvalue weighted by atomic mass is 19.4. The third-order valence-corrected chi connectivity index (χ3v) is 4.61. The van der Waals surface area contributed by atoms with Crippen molar-refractivity contribution in [2.75, 3.05) is 26.2 Å². The van der Waals surface area contributed by atoms with Crippen LogP contribution in [0.3, 0.4) is 0 Å². The summed E-state index contributed by atoms with van der Waals surface area (Å²) in [6.45, 7) is 1.45. The molecule has 0 amide bonds. The molecule has 21 heavy (non-hydrogen) atoms. The fourth-order valence-electron chi connectivity index (χ4n) is 3.64. The molecule has 2 atom stereocenters. The van der Waals surface area contributed by atoms with E-state index in [1.165, 1.54) is 0 Å². The van der Waals surface area contributed by atoms with Crippen molar-refractivity contribution >= 4 is 0 Å². The van der Waals surface area contributed by atoms with Gasteiger partial charge in [-0.1, -0.05) is 36.8 Å². The van der Waals surface area contributed by atoms with E-state index in [1.807, 2.05) is 30.3 Å². The van der Waals surface area contributed by atoms with Gasteiger partial charge in [0.15, 0.2) is 0 Å². The lowest BCUT2D eigenvalue weighted by Gasteiger charge is -2.48. The van der Waals surface area contributed by atoms with Gasteiger partial charge in [0, 0.05) is 25.2 Å². The Bertz CT molecular complexity index is 460. The van der Waals surface area contributed by atoms with E-state index in [9.17, 15) is 13.2 Å². The molecule has 0 radical (unpaired) electrons. The van der Waals surface area contributed by atoms with Gasteiger partial charge in [-0.05, 0) is 24.9 Å². The van der Waals surface area contributed by atoms with Crippen LogP contribution in [-0.2, 0) is 0 Å². The first kappa shape index (κ1) is 14.9. The third kappa shape index (κ3) is 3.58. The molecule has 0 bridgehead atoms. The van der Waals surface area contributed by atoms with Crippen LogP contribution < -0.4 is 0 Å². The fraction of sp³-hybridized carbons (Fsp3) is 0.625. The number of hydrogen-bond acceptors (Lipinski definition) is 2. The monoisotopic (exact) mass is 298 g/mol. The molecule has 2 aliphatic rings. The second kappa shape index (κ2) is 5.97. The molecule has 116 valence electrons. The lowest BCUT2D eigenvalue weighted by Crippen LogP contribution is -2.57. The lowest BCUT2D eigenvalue weighted by molar-refractivity contribution is -0.161. The standard InChI is InChI=1S/C16H21F3N2/c17-16(18,19)12-21-10-14-8-4-5-9-20(14)11-15(21)13-6-2-1-3-7-13/h1-3,6-7,14-15H,4-5,8-12H2. The van der Waals surface area contributed by atoms with Crippen LogP contribution >= 0.6 is 0 Å². The smallest absolute Gasteiger partial charge is 0.297 e. The molecule has 2 nitrogen and oxygen atoms in total. The number of fused-ring (bicyclic) bond motifs is 1. The minimum Gasteiger partial charge on any atom is -0.297 e. The van der Waals surface area contributed by atoms with E-state index < -0.39 is 12.7 Å². The molecule has 2 aliphatic heterocycles. The van der Waals surface area contributed by atoms with Gasteiger partial charge in [0.1, 0.15) is 0 Å². The van der Waals surface area contributed by atoms with Crippen LogP contribution in [0.4, 0.5) is 13.2 Å². The number of nitrogens with zero attached hydrogens (tertiary/aromatic N) is 2. The topological polar surface area (TPSA) is 6.48 Å². The highest BCUT2D eigenvalue weighted by molar-refractivity contribution is 5.20. The van der Waals surface area contributed by atoms with Gasteiger partial charge in [0.05, 0.1) is 6.54 Å². The maximum absolute atomic E-state index is 12.9. The number of benzene rings is 1. The van der Waals surface area contributed by atoms with E-state index in [4.69, 9.17) is 0 Å². The molecule has 0 saturated carbocycles. The van der Waals surface area contributed by atoms with Gasteiger partial charge >= 0.3 is 6.18 Å². The zero-order valence-corrected chi connectivity index (χ0v) is 12.0. The second-order valence-corrected chi connectivity index (χ2v) is 6.12. The summed E-state index contributed by atoms with van der Waals surface area (Å²) in [5, 5.41) is 0. The molecule has 0 N–H and O–H groups in total. The van der Waals surface area contributed by atoms with E-state index in [0.717, 1.165) is 31.4 Å². The molecule has 1 aromatic carbocycles. The predicted molar refractivity (Wildman–Crippen MR) is 76.0 cm³/mol. The Morgan fingerprint density at radius 3 is 2.52 bits per heavy atom. The van der Waals surface area contributed by atoms with Gasteiger partial charge in [-0.25, -0.2) is 0 Å². The molecule has 2 saturated heterocycles. The minimum atomic E-state index is -4.14. The van der Waals surface area contributed by atoms with Crippen molar-refractivity contribution in [3.8, 4) is 0 Å². The molecular formula is C16H21F3N2. The number of piperazine rings is 1. The van der Waals surface area contributed by atoms with Gasteiger partial charge < -0.3 is 0 Å². The second-order valence-electron chi connectivity index (χ2n) is 6.12. The fourth-order valence-corrected chi connectivity index (χ4v) is 3.64. The Morgan fingerprint density at radius 2 is 1.81 bits per heavy atom. The van der Waals surface area contributed by atoms with Crippen LogP contribution in [0.25, 0.3) is 0 Å². The predicted octanol–water partition coefficient (Wildman–Crippen LogP) is 3.46. The number of rotatable bonds is 2. The average Bonchev–Trinajstić information content (AvgIpc) is 2.46. The van der Waals surface area contributed by atoms with Crippen molar-refractivity contribution < 1.29 is 13.2 Å². The molecule has 0 spiro atoms. The molecule has 5 heteroatoms. The SMILES string of the molecule is FC(F)(F)CN1CC2CCCCN2CC1c1ccccc1. The summed E-state index contributed by atoms with van der Waals surface area (Å²) in [4.78, 5) is 4.01. The molecule has 2 unspecified atom stereocenters. The van der Waals surface area contributed by atoms with E-state index in [0.29, 0.717) is 19.1 Å². The van der Waals surface area contributed by atoms with Gasteiger partial charge in [-0.3, -0.25) is 9.80 Å². The summed E-state index contributed by atoms with van der Waals surface area (Å²) in [6.07, 6.45) is -0.811. The summed E-state index contributed by atoms with van der Waals surface area (Å²) < 4.78 is 38.7. The summed E-state index contributed by atoms with van der Waals surface area (Å²) in [5.41, 5.74) is 0.991. The molecule has 0 aliphatic carbocycles. The zero-order valence-electron chi connectivity index (χ0n) is 12.0. The van der Waals surface area contributed by atoms with Crippen molar-refractivity contribution in [1.29, 1.82) is 0 Å². The Balaban J connectivity index is 1.82. The van der Waals surface area contributed by atoms with Crippen LogP contribution in [-0.4, -0.2) is 48.2 Å². The van der Waals surface area contributed by atoms with E-state index in [2.05, 4.69) is 4.90 Å².